The molecule has 5 unspecified atom stereocenters. The van der Waals surface area contributed by atoms with Crippen molar-refractivity contribution >= 4 is 39.5 Å². The highest BCUT2D eigenvalue weighted by molar-refractivity contribution is 7.47. The van der Waals surface area contributed by atoms with Crippen LogP contribution in [0.15, 0.2) is 134 Å². The number of rotatable bonds is 73. The number of esters is 4. The first kappa shape index (κ1) is 97.2. The summed E-state index contributed by atoms with van der Waals surface area (Å²) in [7, 11) is -9.98. The first-order valence-corrected chi connectivity index (χ1v) is 42.4. The van der Waals surface area contributed by atoms with Gasteiger partial charge in [-0.25, -0.2) is 9.13 Å². The summed E-state index contributed by atoms with van der Waals surface area (Å²) in [4.78, 5) is 73.0. The molecule has 0 spiro atoms. The molecule has 0 heterocycles. The summed E-state index contributed by atoms with van der Waals surface area (Å²) in [6, 6.07) is 0. The van der Waals surface area contributed by atoms with Gasteiger partial charge in [-0.3, -0.25) is 37.3 Å². The van der Waals surface area contributed by atoms with Crippen molar-refractivity contribution in [3.8, 4) is 0 Å². The Bertz CT molecular complexity index is 2460. The van der Waals surface area contributed by atoms with Crippen LogP contribution in [0.4, 0.5) is 0 Å². The molecule has 102 heavy (non-hydrogen) atoms. The van der Waals surface area contributed by atoms with Gasteiger partial charge >= 0.3 is 39.5 Å². The summed E-state index contributed by atoms with van der Waals surface area (Å²) in [5.41, 5.74) is 0. The average molecular weight is 1470 g/mol. The topological polar surface area (TPSA) is 237 Å². The van der Waals surface area contributed by atoms with Crippen molar-refractivity contribution in [2.75, 3.05) is 39.6 Å². The lowest BCUT2D eigenvalue weighted by Crippen LogP contribution is -2.30. The molecule has 0 aliphatic rings. The molecule has 17 nitrogen and oxygen atoms in total. The van der Waals surface area contributed by atoms with Crippen molar-refractivity contribution in [1.82, 2.24) is 0 Å². The molecule has 19 heteroatoms. The largest absolute Gasteiger partial charge is 0.472 e. The number of ether oxygens (including phenoxy) is 4. The second-order valence-electron chi connectivity index (χ2n) is 25.9. The van der Waals surface area contributed by atoms with Crippen molar-refractivity contribution in [2.24, 2.45) is 0 Å². The van der Waals surface area contributed by atoms with Crippen LogP contribution >= 0.6 is 15.6 Å². The van der Waals surface area contributed by atoms with Crippen LogP contribution in [0, 0.1) is 0 Å². The third-order valence-corrected chi connectivity index (χ3v) is 18.0. The minimum Gasteiger partial charge on any atom is -0.462 e. The van der Waals surface area contributed by atoms with Gasteiger partial charge in [-0.1, -0.05) is 283 Å². The quantitative estimate of drug-likeness (QED) is 0.0169. The zero-order valence-electron chi connectivity index (χ0n) is 63.7. The maximum Gasteiger partial charge on any atom is 0.472 e. The lowest BCUT2D eigenvalue weighted by atomic mass is 10.0. The van der Waals surface area contributed by atoms with E-state index in [9.17, 15) is 43.2 Å². The number of phosphoric acid groups is 2. The Morgan fingerprint density at radius 2 is 0.520 bits per heavy atom. The molecule has 584 valence electrons. The Hall–Kier alpha value is -4.80. The molecule has 0 aromatic heterocycles. The summed E-state index contributed by atoms with van der Waals surface area (Å²) >= 11 is 0. The van der Waals surface area contributed by atoms with E-state index in [2.05, 4.69) is 149 Å². The lowest BCUT2D eigenvalue weighted by molar-refractivity contribution is -0.161. The van der Waals surface area contributed by atoms with Crippen LogP contribution in [0.2, 0.25) is 0 Å². The highest BCUT2D eigenvalue weighted by Gasteiger charge is 2.30. The molecule has 0 saturated carbocycles. The van der Waals surface area contributed by atoms with Gasteiger partial charge in [0.2, 0.25) is 0 Å². The van der Waals surface area contributed by atoms with Crippen molar-refractivity contribution in [2.45, 2.75) is 329 Å². The summed E-state index contributed by atoms with van der Waals surface area (Å²) in [5.74, 6) is -2.28. The van der Waals surface area contributed by atoms with Gasteiger partial charge < -0.3 is 33.8 Å². The van der Waals surface area contributed by atoms with Crippen LogP contribution in [-0.2, 0) is 65.4 Å². The fourth-order valence-electron chi connectivity index (χ4n) is 10.2. The summed E-state index contributed by atoms with van der Waals surface area (Å²) in [6.45, 7) is 4.52. The Morgan fingerprint density at radius 3 is 0.843 bits per heavy atom. The van der Waals surface area contributed by atoms with Crippen LogP contribution in [-0.4, -0.2) is 96.7 Å². The molecule has 3 N–H and O–H groups in total. The second-order valence-corrected chi connectivity index (χ2v) is 28.8. The van der Waals surface area contributed by atoms with Gasteiger partial charge in [0.15, 0.2) is 12.2 Å². The van der Waals surface area contributed by atoms with Gasteiger partial charge in [-0.2, -0.15) is 0 Å². The van der Waals surface area contributed by atoms with E-state index in [1.54, 1.807) is 0 Å². The average Bonchev–Trinajstić information content (AvgIpc) is 0.939. The van der Waals surface area contributed by atoms with E-state index in [0.717, 1.165) is 154 Å². The van der Waals surface area contributed by atoms with Crippen molar-refractivity contribution in [3.63, 3.8) is 0 Å². The smallest absolute Gasteiger partial charge is 0.462 e. The third-order valence-electron chi connectivity index (χ3n) is 16.1. The maximum absolute atomic E-state index is 13.1. The number of hydrogen-bond acceptors (Lipinski definition) is 15. The standard InChI is InChI=1S/C83H140O17P2/c1-5-9-13-17-21-25-29-33-36-38-41-44-47-51-55-59-63-67-80(85)93-73-78(99-82(87)69-65-61-57-53-49-43-32-28-24-20-16-12-8-4)75-97-101(89,90)95-71-77(84)72-96-102(91,92)98-76-79(100-83(88)70-66-62-58-54-50-46-40-35-31-27-23-19-15-11-7-3)74-94-81(86)68-64-60-56-52-48-45-42-39-37-34-30-26-22-18-14-10-6-2/h9-10,13-14,21-23,25-27,33-37,40-42,44-45,52,56,77-79,84H,5-8,11-12,15-20,24,28-32,38-39,43,46-51,53-55,57-76H2,1-4H3,(H,89,90)(H,91,92)/b13-9-,14-10-,25-21-,26-22-,27-23-,36-33-,37-34-,40-35-,44-41-,45-42-,56-52-. The zero-order chi connectivity index (χ0) is 74.6. The fourth-order valence-corrected chi connectivity index (χ4v) is 11.7. The van der Waals surface area contributed by atoms with E-state index in [0.29, 0.717) is 32.1 Å². The Balaban J connectivity index is 5.43. The van der Waals surface area contributed by atoms with E-state index in [4.69, 9.17) is 37.0 Å². The minimum absolute atomic E-state index is 0.0637. The number of carbonyl (C=O) groups excluding carboxylic acids is 4. The van der Waals surface area contributed by atoms with Crippen LogP contribution in [0.1, 0.15) is 310 Å². The number of hydrogen-bond donors (Lipinski definition) is 3. The molecule has 0 bridgehead atoms. The molecule has 0 fully saturated rings. The van der Waals surface area contributed by atoms with Crippen molar-refractivity contribution < 1.29 is 80.2 Å². The maximum atomic E-state index is 13.1. The minimum atomic E-state index is -5.00. The number of aliphatic hydroxyl groups is 1. The molecular formula is C83H140O17P2. The second kappa shape index (κ2) is 74.5. The van der Waals surface area contributed by atoms with Crippen molar-refractivity contribution in [3.05, 3.63) is 134 Å². The van der Waals surface area contributed by atoms with Crippen LogP contribution in [0.3, 0.4) is 0 Å². The van der Waals surface area contributed by atoms with E-state index in [-0.39, 0.29) is 25.7 Å². The van der Waals surface area contributed by atoms with Crippen molar-refractivity contribution in [1.29, 1.82) is 0 Å². The lowest BCUT2D eigenvalue weighted by Gasteiger charge is -2.21. The van der Waals surface area contributed by atoms with Gasteiger partial charge in [-0.15, -0.1) is 0 Å². The molecular weight excluding hydrogens is 1330 g/mol. The van der Waals surface area contributed by atoms with Gasteiger partial charge in [0, 0.05) is 25.7 Å². The van der Waals surface area contributed by atoms with Crippen LogP contribution in [0.25, 0.3) is 0 Å². The van der Waals surface area contributed by atoms with Crippen LogP contribution < -0.4 is 0 Å². The Morgan fingerprint density at radius 1 is 0.284 bits per heavy atom. The number of phosphoric ester groups is 2. The first-order chi connectivity index (χ1) is 49.7. The SMILES string of the molecule is CC/C=C\C/C=C\C/C=C\C/C=C\C/C=C\CCCC(=O)OCC(COP(=O)(O)OCC(O)COP(=O)(O)OCC(COC(=O)CCCCCC/C=C\C/C=C\C/C=C\C/C=C\CC)OC(=O)CCCCCCCCCCCCCCC)OC(=O)CCCCCCC/C=C\C/C=C\CCCCC. The molecule has 0 aromatic rings. The predicted octanol–water partition coefficient (Wildman–Crippen LogP) is 22.9. The molecule has 0 radical (unpaired) electrons. The number of unbranched alkanes of at least 4 members (excludes halogenated alkanes) is 25. The number of allylic oxidation sites excluding steroid dienone is 22. The van der Waals surface area contributed by atoms with Gasteiger partial charge in [0.1, 0.15) is 19.3 Å². The highest BCUT2D eigenvalue weighted by Crippen LogP contribution is 2.45. The molecule has 0 rings (SSSR count). The van der Waals surface area contributed by atoms with Crippen LogP contribution in [0.5, 0.6) is 0 Å². The summed E-state index contributed by atoms with van der Waals surface area (Å²) < 4.78 is 68.5. The van der Waals surface area contributed by atoms with E-state index < -0.39 is 97.5 Å². The first-order valence-electron chi connectivity index (χ1n) is 39.4. The zero-order valence-corrected chi connectivity index (χ0v) is 65.5. The molecule has 0 aliphatic carbocycles. The van der Waals surface area contributed by atoms with Gasteiger partial charge in [-0.05, 0) is 135 Å². The third kappa shape index (κ3) is 73.5. The normalized spacial score (nSPS) is 14.6. The van der Waals surface area contributed by atoms with E-state index >= 15 is 0 Å². The fraction of sp³-hybridized carbons (Fsp3) is 0.687. The molecule has 5 atom stereocenters. The van der Waals surface area contributed by atoms with Gasteiger partial charge in [0.25, 0.3) is 0 Å². The molecule has 0 aliphatic heterocycles. The summed E-state index contributed by atoms with van der Waals surface area (Å²) in [6.07, 6.45) is 82.9. The number of aliphatic hydroxyl groups excluding tert-OH is 1. The molecule has 0 aromatic carbocycles. The Labute approximate surface area is 618 Å². The van der Waals surface area contributed by atoms with E-state index in [1.165, 1.54) is 70.6 Å². The monoisotopic (exact) mass is 1470 g/mol. The summed E-state index contributed by atoms with van der Waals surface area (Å²) in [5, 5.41) is 10.6. The Kier molecular flexibility index (Phi) is 71.0. The molecule has 0 amide bonds. The van der Waals surface area contributed by atoms with Gasteiger partial charge in [0.05, 0.1) is 26.4 Å². The number of carbonyl (C=O) groups is 4. The predicted molar refractivity (Wildman–Crippen MR) is 418 cm³/mol. The van der Waals surface area contributed by atoms with E-state index in [1.807, 2.05) is 12.2 Å². The molecule has 0 saturated heterocycles. The highest BCUT2D eigenvalue weighted by atomic mass is 31.2.